The van der Waals surface area contributed by atoms with Crippen molar-refractivity contribution in [1.82, 2.24) is 0 Å². The Morgan fingerprint density at radius 3 is 1.74 bits per heavy atom. The van der Waals surface area contributed by atoms with E-state index in [1.165, 1.54) is 43.1 Å². The topological polar surface area (TPSA) is 12.4 Å². The van der Waals surface area contributed by atoms with E-state index in [0.29, 0.717) is 0 Å². The fourth-order valence-electron chi connectivity index (χ4n) is 5.10. The van der Waals surface area contributed by atoms with E-state index in [2.05, 4.69) is 134 Å². The molecule has 0 unspecified atom stereocenters. The van der Waals surface area contributed by atoms with Crippen molar-refractivity contribution in [2.45, 2.75) is 6.92 Å². The van der Waals surface area contributed by atoms with Gasteiger partial charge in [-0.05, 0) is 56.1 Å². The fourth-order valence-corrected chi connectivity index (χ4v) is 5.10. The first-order valence-electron chi connectivity index (χ1n) is 12.0. The van der Waals surface area contributed by atoms with E-state index in [1.807, 2.05) is 6.21 Å². The number of nitrogens with zero attached hydrogens (tertiary/aromatic N) is 1. The largest absolute Gasteiger partial charge is 0.256 e. The van der Waals surface area contributed by atoms with Crippen LogP contribution in [0, 0.1) is 0 Å². The Balaban J connectivity index is 1.67. The molecule has 166 valence electrons. The van der Waals surface area contributed by atoms with Crippen LogP contribution in [0.15, 0.2) is 120 Å². The smallest absolute Gasteiger partial charge is 0.0786 e. The highest BCUT2D eigenvalue weighted by Gasteiger charge is 2.15. The van der Waals surface area contributed by atoms with Crippen LogP contribution in [0.3, 0.4) is 0 Å². The van der Waals surface area contributed by atoms with Crippen molar-refractivity contribution >= 4 is 56.4 Å². The zero-order chi connectivity index (χ0) is 23.6. The first-order valence-corrected chi connectivity index (χ1v) is 12.0. The monoisotopic (exact) mass is 447 g/mol. The second-order valence-electron chi connectivity index (χ2n) is 8.70. The molecule has 6 aromatic carbocycles. The zero-order valence-electron chi connectivity index (χ0n) is 19.6. The minimum absolute atomic E-state index is 1.01. The molecule has 0 saturated heterocycles. The molecule has 0 aromatic heterocycles. The van der Waals surface area contributed by atoms with Crippen LogP contribution < -0.4 is 10.4 Å². The van der Waals surface area contributed by atoms with E-state index >= 15 is 0 Å². The molecule has 0 atom stereocenters. The molecule has 0 fully saturated rings. The molecule has 35 heavy (non-hydrogen) atoms. The quantitative estimate of drug-likeness (QED) is 0.194. The van der Waals surface area contributed by atoms with Gasteiger partial charge >= 0.3 is 0 Å². The van der Waals surface area contributed by atoms with Crippen LogP contribution in [-0.2, 0) is 0 Å². The van der Waals surface area contributed by atoms with Crippen LogP contribution in [-0.4, -0.2) is 6.21 Å². The maximum atomic E-state index is 5.04. The van der Waals surface area contributed by atoms with Crippen molar-refractivity contribution in [3.05, 3.63) is 126 Å². The van der Waals surface area contributed by atoms with Crippen molar-refractivity contribution < 1.29 is 0 Å². The maximum absolute atomic E-state index is 5.04. The number of aliphatic imine (C=N–C) groups is 1. The van der Waals surface area contributed by atoms with E-state index in [4.69, 9.17) is 4.99 Å². The van der Waals surface area contributed by atoms with E-state index < -0.39 is 0 Å². The highest BCUT2D eigenvalue weighted by atomic mass is 14.7. The molecule has 0 N–H and O–H groups in total. The average Bonchev–Trinajstić information content (AvgIpc) is 2.93. The number of rotatable bonds is 3. The lowest BCUT2D eigenvalue weighted by molar-refractivity contribution is 1.51. The Bertz CT molecular complexity index is 1800. The molecule has 0 aliphatic carbocycles. The molecular formula is C34H25N. The molecule has 0 spiro atoms. The number of hydrogen-bond donors (Lipinski definition) is 0. The van der Waals surface area contributed by atoms with Gasteiger partial charge in [-0.1, -0.05) is 121 Å². The van der Waals surface area contributed by atoms with E-state index in [0.717, 1.165) is 16.5 Å². The lowest BCUT2D eigenvalue weighted by Gasteiger charge is -2.16. The molecule has 0 aliphatic rings. The van der Waals surface area contributed by atoms with E-state index in [-0.39, 0.29) is 0 Å². The van der Waals surface area contributed by atoms with Gasteiger partial charge in [0.15, 0.2) is 0 Å². The van der Waals surface area contributed by atoms with Gasteiger partial charge in [0.1, 0.15) is 0 Å². The lowest BCUT2D eigenvalue weighted by atomic mass is 9.88. The molecule has 0 radical (unpaired) electrons. The molecule has 1 nitrogen and oxygen atoms in total. The van der Waals surface area contributed by atoms with Crippen LogP contribution in [0.4, 0.5) is 5.69 Å². The standard InChI is InChI=1S/C34H25N/c1-2-24-12-3-4-13-25(24)22-23-35-34-31-19-9-7-17-29(31)33(30-18-8-10-20-32(30)34)28-21-11-15-26-14-5-6-16-27(26)28/h2-23H,1H3/b24-2-,25-22-,35-23+. The van der Waals surface area contributed by atoms with Gasteiger partial charge in [-0.25, -0.2) is 0 Å². The third-order valence-electron chi connectivity index (χ3n) is 6.73. The predicted octanol–water partition coefficient (Wildman–Crippen LogP) is 7.80. The number of benzene rings is 6. The summed E-state index contributed by atoms with van der Waals surface area (Å²) in [4.78, 5) is 5.04. The van der Waals surface area contributed by atoms with E-state index in [1.54, 1.807) is 0 Å². The van der Waals surface area contributed by atoms with Gasteiger partial charge in [0.25, 0.3) is 0 Å². The summed E-state index contributed by atoms with van der Waals surface area (Å²) >= 11 is 0. The minimum Gasteiger partial charge on any atom is -0.256 e. The Morgan fingerprint density at radius 2 is 1.06 bits per heavy atom. The van der Waals surface area contributed by atoms with Gasteiger partial charge < -0.3 is 0 Å². The van der Waals surface area contributed by atoms with Crippen molar-refractivity contribution in [2.75, 3.05) is 0 Å². The summed E-state index contributed by atoms with van der Waals surface area (Å²) in [5, 5.41) is 9.65. The number of hydrogen-bond acceptors (Lipinski definition) is 1. The van der Waals surface area contributed by atoms with Crippen LogP contribution in [0.25, 0.3) is 55.6 Å². The minimum atomic E-state index is 1.01. The first-order chi connectivity index (χ1) is 17.3. The van der Waals surface area contributed by atoms with Crippen molar-refractivity contribution in [2.24, 2.45) is 4.99 Å². The highest BCUT2D eigenvalue weighted by molar-refractivity contribution is 6.22. The zero-order valence-corrected chi connectivity index (χ0v) is 19.6. The van der Waals surface area contributed by atoms with Crippen LogP contribution >= 0.6 is 0 Å². The maximum Gasteiger partial charge on any atom is 0.0786 e. The summed E-state index contributed by atoms with van der Waals surface area (Å²) in [6, 6.07) is 40.9. The second-order valence-corrected chi connectivity index (χ2v) is 8.70. The molecular weight excluding hydrogens is 422 g/mol. The molecule has 0 bridgehead atoms. The molecule has 0 heterocycles. The van der Waals surface area contributed by atoms with E-state index in [9.17, 15) is 0 Å². The Labute approximate surface area is 205 Å². The van der Waals surface area contributed by atoms with Crippen molar-refractivity contribution in [1.29, 1.82) is 0 Å². The van der Waals surface area contributed by atoms with Crippen molar-refractivity contribution in [3.63, 3.8) is 0 Å². The fraction of sp³-hybridized carbons (Fsp3) is 0.0294. The molecule has 0 aliphatic heterocycles. The lowest BCUT2D eigenvalue weighted by Crippen LogP contribution is -2.23. The molecule has 0 amide bonds. The van der Waals surface area contributed by atoms with Crippen LogP contribution in [0.5, 0.6) is 0 Å². The normalized spacial score (nSPS) is 12.9. The summed E-state index contributed by atoms with van der Waals surface area (Å²) in [6.07, 6.45) is 6.16. The third-order valence-corrected chi connectivity index (χ3v) is 6.73. The van der Waals surface area contributed by atoms with Gasteiger partial charge in [-0.2, -0.15) is 0 Å². The van der Waals surface area contributed by atoms with Gasteiger partial charge in [0, 0.05) is 17.0 Å². The molecule has 1 heteroatoms. The average molecular weight is 448 g/mol. The Morgan fingerprint density at radius 1 is 0.514 bits per heavy atom. The summed E-state index contributed by atoms with van der Waals surface area (Å²) < 4.78 is 0. The van der Waals surface area contributed by atoms with Gasteiger partial charge in [0.2, 0.25) is 0 Å². The van der Waals surface area contributed by atoms with Crippen LogP contribution in [0.1, 0.15) is 6.92 Å². The predicted molar refractivity (Wildman–Crippen MR) is 153 cm³/mol. The summed E-state index contributed by atoms with van der Waals surface area (Å²) in [6.45, 7) is 2.07. The Hall–Kier alpha value is -4.49. The van der Waals surface area contributed by atoms with Crippen molar-refractivity contribution in [3.8, 4) is 11.1 Å². The highest BCUT2D eigenvalue weighted by Crippen LogP contribution is 2.44. The van der Waals surface area contributed by atoms with Gasteiger partial charge in [-0.15, -0.1) is 0 Å². The van der Waals surface area contributed by atoms with Crippen LogP contribution in [0.2, 0.25) is 0 Å². The van der Waals surface area contributed by atoms with Gasteiger partial charge in [-0.3, -0.25) is 4.99 Å². The SMILES string of the molecule is C/C=c1/cccc/c1=C/C=N/c1c2ccccc2c(-c2cccc3ccccc23)c2ccccc12. The summed E-state index contributed by atoms with van der Waals surface area (Å²) in [7, 11) is 0. The van der Waals surface area contributed by atoms with Gasteiger partial charge in [0.05, 0.1) is 5.69 Å². The number of fused-ring (bicyclic) bond motifs is 3. The second kappa shape index (κ2) is 9.04. The summed E-state index contributed by atoms with van der Waals surface area (Å²) in [5.74, 6) is 0. The molecule has 6 aromatic rings. The Kier molecular flexibility index (Phi) is 5.44. The molecule has 6 rings (SSSR count). The third kappa shape index (κ3) is 3.72. The first kappa shape index (κ1) is 21.1. The summed E-state index contributed by atoms with van der Waals surface area (Å²) in [5.41, 5.74) is 3.53. The molecule has 0 saturated carbocycles.